The maximum Gasteiger partial charge on any atom is 0.410 e. The molecule has 170 valence electrons. The second-order valence-electron chi connectivity index (χ2n) is 8.01. The van der Waals surface area contributed by atoms with Crippen molar-refractivity contribution >= 4 is 36.0 Å². The number of guanidine groups is 1. The normalized spacial score (nSPS) is 15.2. The van der Waals surface area contributed by atoms with Gasteiger partial charge in [-0.3, -0.25) is 9.89 Å². The lowest BCUT2D eigenvalue weighted by molar-refractivity contribution is 0.0147. The summed E-state index contributed by atoms with van der Waals surface area (Å²) in [5, 5.41) is 6.66. The predicted molar refractivity (Wildman–Crippen MR) is 131 cm³/mol. The summed E-state index contributed by atoms with van der Waals surface area (Å²) in [6.07, 6.45) is -0.224. The lowest BCUT2D eigenvalue weighted by Gasteiger charge is -2.35. The molecule has 2 rings (SSSR count). The topological polar surface area (TPSA) is 78.4 Å². The fourth-order valence-electron chi connectivity index (χ4n) is 2.96. The minimum absolute atomic E-state index is 0. The van der Waals surface area contributed by atoms with Gasteiger partial charge in [0, 0.05) is 52.9 Å². The van der Waals surface area contributed by atoms with Gasteiger partial charge in [0.25, 0.3) is 0 Å². The van der Waals surface area contributed by atoms with Crippen molar-refractivity contribution in [2.24, 2.45) is 4.99 Å². The van der Waals surface area contributed by atoms with Gasteiger partial charge in [0.2, 0.25) is 0 Å². The van der Waals surface area contributed by atoms with Crippen molar-refractivity contribution in [1.29, 1.82) is 0 Å². The summed E-state index contributed by atoms with van der Waals surface area (Å²) in [7, 11) is 3.43. The highest BCUT2D eigenvalue weighted by atomic mass is 127. The lowest BCUT2D eigenvalue weighted by atomic mass is 10.2. The van der Waals surface area contributed by atoms with Crippen LogP contribution < -0.4 is 15.4 Å². The third kappa shape index (κ3) is 9.38. The largest absolute Gasteiger partial charge is 0.497 e. The van der Waals surface area contributed by atoms with Crippen molar-refractivity contribution in [3.8, 4) is 5.75 Å². The molecule has 0 atom stereocenters. The Morgan fingerprint density at radius 2 is 1.73 bits per heavy atom. The first-order valence-electron chi connectivity index (χ1n) is 10.1. The molecule has 0 saturated carbocycles. The van der Waals surface area contributed by atoms with E-state index >= 15 is 0 Å². The van der Waals surface area contributed by atoms with Crippen LogP contribution in [-0.2, 0) is 11.3 Å². The zero-order valence-electron chi connectivity index (χ0n) is 18.7. The number of halogens is 1. The number of carbonyl (C=O) groups is 1. The van der Waals surface area contributed by atoms with E-state index in [2.05, 4.69) is 20.5 Å². The van der Waals surface area contributed by atoms with Crippen LogP contribution in [0.1, 0.15) is 26.3 Å². The number of hydrogen-bond donors (Lipinski definition) is 2. The molecule has 0 radical (unpaired) electrons. The molecule has 1 aliphatic rings. The molecular formula is C21H36IN5O3. The van der Waals surface area contributed by atoms with E-state index in [1.54, 1.807) is 19.1 Å². The Kier molecular flexibility index (Phi) is 11.2. The summed E-state index contributed by atoms with van der Waals surface area (Å²) in [4.78, 5) is 20.5. The van der Waals surface area contributed by atoms with E-state index in [9.17, 15) is 4.79 Å². The van der Waals surface area contributed by atoms with E-state index in [1.165, 1.54) is 0 Å². The number of amides is 1. The smallest absolute Gasteiger partial charge is 0.410 e. The first-order valence-corrected chi connectivity index (χ1v) is 10.1. The van der Waals surface area contributed by atoms with Crippen LogP contribution in [0.15, 0.2) is 29.3 Å². The van der Waals surface area contributed by atoms with Gasteiger partial charge >= 0.3 is 6.09 Å². The molecule has 0 unspecified atom stereocenters. The minimum atomic E-state index is -0.452. The highest BCUT2D eigenvalue weighted by molar-refractivity contribution is 14.0. The average Bonchev–Trinajstić information content (AvgIpc) is 2.70. The average molecular weight is 533 g/mol. The van der Waals surface area contributed by atoms with E-state index in [4.69, 9.17) is 9.47 Å². The summed E-state index contributed by atoms with van der Waals surface area (Å²) in [6.45, 7) is 11.1. The van der Waals surface area contributed by atoms with Crippen LogP contribution in [0.25, 0.3) is 0 Å². The quantitative estimate of drug-likeness (QED) is 0.333. The number of nitrogens with zero attached hydrogens (tertiary/aromatic N) is 3. The second-order valence-corrected chi connectivity index (χ2v) is 8.01. The molecule has 8 nitrogen and oxygen atoms in total. The van der Waals surface area contributed by atoms with Crippen molar-refractivity contribution in [3.05, 3.63) is 29.8 Å². The molecule has 0 spiro atoms. The molecule has 1 fully saturated rings. The van der Waals surface area contributed by atoms with Gasteiger partial charge in [0.05, 0.1) is 7.11 Å². The summed E-state index contributed by atoms with van der Waals surface area (Å²) in [6, 6.07) is 7.96. The van der Waals surface area contributed by atoms with Gasteiger partial charge < -0.3 is 25.0 Å². The Bertz CT molecular complexity index is 668. The fraction of sp³-hybridized carbons (Fsp3) is 0.619. The van der Waals surface area contributed by atoms with Crippen LogP contribution in [0, 0.1) is 0 Å². The maximum absolute atomic E-state index is 12.1. The van der Waals surface area contributed by atoms with Gasteiger partial charge in [0.15, 0.2) is 5.96 Å². The molecular weight excluding hydrogens is 497 g/mol. The van der Waals surface area contributed by atoms with E-state index in [0.717, 1.165) is 43.5 Å². The number of nitrogens with one attached hydrogen (secondary N) is 2. The van der Waals surface area contributed by atoms with Gasteiger partial charge in [-0.15, -0.1) is 24.0 Å². The van der Waals surface area contributed by atoms with E-state index < -0.39 is 5.60 Å². The summed E-state index contributed by atoms with van der Waals surface area (Å²) in [5.41, 5.74) is 0.708. The Labute approximate surface area is 197 Å². The molecule has 0 bridgehead atoms. The number of ether oxygens (including phenoxy) is 2. The molecule has 1 aromatic carbocycles. The van der Waals surface area contributed by atoms with Crippen LogP contribution >= 0.6 is 24.0 Å². The lowest BCUT2D eigenvalue weighted by Crippen LogP contribution is -2.51. The molecule has 1 saturated heterocycles. The van der Waals surface area contributed by atoms with Crippen LogP contribution in [0.3, 0.4) is 0 Å². The van der Waals surface area contributed by atoms with E-state index in [0.29, 0.717) is 19.6 Å². The Balaban J connectivity index is 0.00000450. The number of methoxy groups -OCH3 is 1. The second kappa shape index (κ2) is 12.8. The first-order chi connectivity index (χ1) is 13.8. The standard InChI is InChI=1S/C21H35N5O3.HI/c1-21(2,3)29-20(27)26-14-12-25(13-15-26)11-10-23-19(22-4)24-16-17-6-8-18(28-5)9-7-17;/h6-9H,10-16H2,1-5H3,(H2,22,23,24);1H. The Hall–Kier alpha value is -1.75. The molecule has 1 aromatic rings. The van der Waals surface area contributed by atoms with Crippen molar-refractivity contribution in [2.75, 3.05) is 53.4 Å². The van der Waals surface area contributed by atoms with Crippen LogP contribution in [0.4, 0.5) is 4.79 Å². The molecule has 9 heteroatoms. The fourth-order valence-corrected chi connectivity index (χ4v) is 2.96. The number of piperazine rings is 1. The van der Waals surface area contributed by atoms with Gasteiger partial charge in [-0.05, 0) is 38.5 Å². The predicted octanol–water partition coefficient (Wildman–Crippen LogP) is 2.53. The zero-order chi connectivity index (χ0) is 21.3. The SMILES string of the molecule is CN=C(NCCN1CCN(C(=O)OC(C)(C)C)CC1)NCc1ccc(OC)cc1.I. The van der Waals surface area contributed by atoms with Crippen LogP contribution in [0.2, 0.25) is 0 Å². The summed E-state index contributed by atoms with van der Waals surface area (Å²) >= 11 is 0. The molecule has 30 heavy (non-hydrogen) atoms. The van der Waals surface area contributed by atoms with Crippen LogP contribution in [-0.4, -0.2) is 80.9 Å². The monoisotopic (exact) mass is 533 g/mol. The number of benzene rings is 1. The molecule has 1 amide bonds. The van der Waals surface area contributed by atoms with Crippen molar-refractivity contribution in [3.63, 3.8) is 0 Å². The third-order valence-corrected chi connectivity index (χ3v) is 4.59. The van der Waals surface area contributed by atoms with Crippen molar-refractivity contribution in [2.45, 2.75) is 32.9 Å². The van der Waals surface area contributed by atoms with E-state index in [1.807, 2.05) is 45.0 Å². The number of aliphatic imine (C=N–C) groups is 1. The highest BCUT2D eigenvalue weighted by Gasteiger charge is 2.25. The summed E-state index contributed by atoms with van der Waals surface area (Å²) < 4.78 is 10.6. The number of carbonyl (C=O) groups excluding carboxylic acids is 1. The Morgan fingerprint density at radius 3 is 2.27 bits per heavy atom. The van der Waals surface area contributed by atoms with Gasteiger partial charge in [-0.25, -0.2) is 4.79 Å². The molecule has 2 N–H and O–H groups in total. The van der Waals surface area contributed by atoms with Crippen molar-refractivity contribution < 1.29 is 14.3 Å². The minimum Gasteiger partial charge on any atom is -0.497 e. The third-order valence-electron chi connectivity index (χ3n) is 4.59. The summed E-state index contributed by atoms with van der Waals surface area (Å²) in [5.74, 6) is 1.62. The molecule has 1 heterocycles. The molecule has 1 aliphatic heterocycles. The molecule has 0 aromatic heterocycles. The van der Waals surface area contributed by atoms with Gasteiger partial charge in [-0.2, -0.15) is 0 Å². The zero-order valence-corrected chi connectivity index (χ0v) is 21.1. The number of rotatable bonds is 6. The molecule has 0 aliphatic carbocycles. The van der Waals surface area contributed by atoms with Crippen molar-refractivity contribution in [1.82, 2.24) is 20.4 Å². The highest BCUT2D eigenvalue weighted by Crippen LogP contribution is 2.12. The first kappa shape index (κ1) is 26.3. The number of hydrogen-bond acceptors (Lipinski definition) is 5. The van der Waals surface area contributed by atoms with E-state index in [-0.39, 0.29) is 30.1 Å². The van der Waals surface area contributed by atoms with Gasteiger partial charge in [0.1, 0.15) is 11.4 Å². The van der Waals surface area contributed by atoms with Gasteiger partial charge in [-0.1, -0.05) is 12.1 Å². The Morgan fingerprint density at radius 1 is 1.10 bits per heavy atom. The maximum atomic E-state index is 12.1. The van der Waals surface area contributed by atoms with Crippen LogP contribution in [0.5, 0.6) is 5.75 Å².